The summed E-state index contributed by atoms with van der Waals surface area (Å²) >= 11 is 6.25. The lowest BCUT2D eigenvalue weighted by molar-refractivity contribution is 0.0544. The molecule has 0 saturated carbocycles. The first-order valence-corrected chi connectivity index (χ1v) is 11.7. The van der Waals surface area contributed by atoms with Crippen molar-refractivity contribution in [1.29, 1.82) is 0 Å². The molecule has 8 heteroatoms. The molecule has 0 amide bonds. The lowest BCUT2D eigenvalue weighted by Gasteiger charge is -2.38. The summed E-state index contributed by atoms with van der Waals surface area (Å²) in [6, 6.07) is 12.8. The first kappa shape index (κ1) is 20.1. The van der Waals surface area contributed by atoms with Gasteiger partial charge in [0, 0.05) is 41.8 Å². The number of anilines is 1. The van der Waals surface area contributed by atoms with E-state index in [0.717, 1.165) is 18.4 Å². The van der Waals surface area contributed by atoms with Crippen LogP contribution in [0.25, 0.3) is 10.9 Å². The minimum absolute atomic E-state index is 0.144. The molecule has 6 nitrogen and oxygen atoms in total. The van der Waals surface area contributed by atoms with Gasteiger partial charge in [-0.2, -0.15) is 0 Å². The number of nitrogens with one attached hydrogen (secondary N) is 1. The highest BCUT2D eigenvalue weighted by atomic mass is 35.5. The molecule has 0 spiro atoms. The van der Waals surface area contributed by atoms with Gasteiger partial charge in [-0.15, -0.1) is 0 Å². The summed E-state index contributed by atoms with van der Waals surface area (Å²) < 4.78 is 29.5. The van der Waals surface area contributed by atoms with Gasteiger partial charge in [0.2, 0.25) is 0 Å². The van der Waals surface area contributed by atoms with Crippen molar-refractivity contribution in [2.75, 3.05) is 31.3 Å². The average molecular weight is 432 g/mol. The van der Waals surface area contributed by atoms with E-state index in [0.29, 0.717) is 41.5 Å². The van der Waals surface area contributed by atoms with Crippen LogP contribution in [0, 0.1) is 0 Å². The predicted molar refractivity (Wildman–Crippen MR) is 114 cm³/mol. The topological polar surface area (TPSA) is 81.2 Å². The van der Waals surface area contributed by atoms with Crippen LogP contribution in [-0.2, 0) is 20.0 Å². The fraction of sp³-hybridized carbons (Fsp3) is 0.333. The molecule has 2 aromatic carbocycles. The third-order valence-electron chi connectivity index (χ3n) is 5.52. The fourth-order valence-corrected chi connectivity index (χ4v) is 4.65. The highest BCUT2D eigenvalue weighted by molar-refractivity contribution is 7.90. The van der Waals surface area contributed by atoms with Crippen LogP contribution in [0.15, 0.2) is 53.7 Å². The smallest absolute Gasteiger partial charge is 0.175 e. The van der Waals surface area contributed by atoms with E-state index >= 15 is 0 Å². The molecular formula is C21H22ClN3O3S. The first-order valence-electron chi connectivity index (χ1n) is 9.40. The molecule has 1 aliphatic heterocycles. The molecule has 1 aromatic heterocycles. The van der Waals surface area contributed by atoms with Crippen molar-refractivity contribution >= 4 is 38.2 Å². The Hall–Kier alpha value is -2.22. The molecule has 3 aromatic rings. The number of sulfone groups is 1. The molecule has 1 aliphatic rings. The number of rotatable bonds is 5. The number of ether oxygens (including phenoxy) is 1. The second-order valence-electron chi connectivity index (χ2n) is 7.43. The third kappa shape index (κ3) is 4.22. The molecule has 1 saturated heterocycles. The zero-order chi connectivity index (χ0) is 20.5. The zero-order valence-electron chi connectivity index (χ0n) is 16.1. The van der Waals surface area contributed by atoms with E-state index in [1.807, 2.05) is 18.2 Å². The maximum absolute atomic E-state index is 12.0. The van der Waals surface area contributed by atoms with Crippen molar-refractivity contribution in [2.45, 2.75) is 23.2 Å². The standard InChI is InChI=1S/C21H22ClN3O3S/c1-29(26,27)17-5-6-19-18(12-17)20(25-14-24-19)23-13-21(7-9-28-10-8-21)15-3-2-4-16(22)11-15/h2-6,11-12,14H,7-10,13H2,1H3,(H,23,24,25). The van der Waals surface area contributed by atoms with E-state index in [1.165, 1.54) is 12.6 Å². The molecule has 152 valence electrons. The van der Waals surface area contributed by atoms with Crippen LogP contribution in [0.4, 0.5) is 5.82 Å². The largest absolute Gasteiger partial charge is 0.381 e. The maximum atomic E-state index is 12.0. The number of fused-ring (bicyclic) bond motifs is 1. The Kier molecular flexibility index (Phi) is 5.46. The van der Waals surface area contributed by atoms with Crippen LogP contribution in [0.3, 0.4) is 0 Å². The molecule has 1 fully saturated rings. The van der Waals surface area contributed by atoms with Crippen molar-refractivity contribution in [1.82, 2.24) is 9.97 Å². The van der Waals surface area contributed by atoms with E-state index in [1.54, 1.807) is 18.2 Å². The summed E-state index contributed by atoms with van der Waals surface area (Å²) in [4.78, 5) is 8.89. The van der Waals surface area contributed by atoms with E-state index in [-0.39, 0.29) is 10.3 Å². The van der Waals surface area contributed by atoms with E-state index in [4.69, 9.17) is 16.3 Å². The summed E-state index contributed by atoms with van der Waals surface area (Å²) in [5, 5.41) is 4.84. The second-order valence-corrected chi connectivity index (χ2v) is 9.88. The molecule has 0 unspecified atom stereocenters. The first-order chi connectivity index (χ1) is 13.9. The van der Waals surface area contributed by atoms with Crippen LogP contribution < -0.4 is 5.32 Å². The second kappa shape index (κ2) is 7.89. The minimum atomic E-state index is -3.32. The fourth-order valence-electron chi connectivity index (χ4n) is 3.81. The van der Waals surface area contributed by atoms with Crippen molar-refractivity contribution in [3.8, 4) is 0 Å². The van der Waals surface area contributed by atoms with Gasteiger partial charge in [0.25, 0.3) is 0 Å². The normalized spacial score (nSPS) is 16.6. The Labute approximate surface area is 175 Å². The molecule has 2 heterocycles. The van der Waals surface area contributed by atoms with Crippen molar-refractivity contribution in [3.63, 3.8) is 0 Å². The summed E-state index contributed by atoms with van der Waals surface area (Å²) in [5.74, 6) is 0.619. The lowest BCUT2D eigenvalue weighted by atomic mass is 9.74. The van der Waals surface area contributed by atoms with Crippen LogP contribution in [0.1, 0.15) is 18.4 Å². The summed E-state index contributed by atoms with van der Waals surface area (Å²) in [7, 11) is -3.32. The van der Waals surface area contributed by atoms with Crippen LogP contribution in [-0.4, -0.2) is 44.4 Å². The van der Waals surface area contributed by atoms with E-state index < -0.39 is 9.84 Å². The quantitative estimate of drug-likeness (QED) is 0.660. The highest BCUT2D eigenvalue weighted by Crippen LogP contribution is 2.36. The molecule has 29 heavy (non-hydrogen) atoms. The van der Waals surface area contributed by atoms with Gasteiger partial charge in [-0.3, -0.25) is 0 Å². The molecule has 0 radical (unpaired) electrons. The number of aromatic nitrogens is 2. The highest BCUT2D eigenvalue weighted by Gasteiger charge is 2.34. The Balaban J connectivity index is 1.70. The SMILES string of the molecule is CS(=O)(=O)c1ccc2ncnc(NCC3(c4cccc(Cl)c4)CCOCC3)c2c1. The Bertz CT molecular complexity index is 1140. The van der Waals surface area contributed by atoms with Gasteiger partial charge in [-0.1, -0.05) is 23.7 Å². The maximum Gasteiger partial charge on any atom is 0.175 e. The van der Waals surface area contributed by atoms with Crippen LogP contribution in [0.2, 0.25) is 5.02 Å². The average Bonchev–Trinajstić information content (AvgIpc) is 2.72. The van der Waals surface area contributed by atoms with Crippen LogP contribution >= 0.6 is 11.6 Å². The lowest BCUT2D eigenvalue weighted by Crippen LogP contribution is -2.40. The van der Waals surface area contributed by atoms with Gasteiger partial charge in [0.15, 0.2) is 9.84 Å². The number of halogens is 1. The summed E-state index contributed by atoms with van der Waals surface area (Å²) in [6.07, 6.45) is 4.40. The number of hydrogen-bond acceptors (Lipinski definition) is 6. The van der Waals surface area contributed by atoms with Gasteiger partial charge in [-0.25, -0.2) is 18.4 Å². The van der Waals surface area contributed by atoms with E-state index in [2.05, 4.69) is 21.4 Å². The van der Waals surface area contributed by atoms with E-state index in [9.17, 15) is 8.42 Å². The Morgan fingerprint density at radius 3 is 2.66 bits per heavy atom. The molecule has 0 bridgehead atoms. The predicted octanol–water partition coefficient (Wildman–Crippen LogP) is 3.85. The molecule has 0 aliphatic carbocycles. The number of nitrogens with zero attached hydrogens (tertiary/aromatic N) is 2. The molecular weight excluding hydrogens is 410 g/mol. The molecule has 0 atom stereocenters. The van der Waals surface area contributed by atoms with Gasteiger partial charge in [0.1, 0.15) is 12.1 Å². The third-order valence-corrected chi connectivity index (χ3v) is 6.86. The molecule has 4 rings (SSSR count). The monoisotopic (exact) mass is 431 g/mol. The molecule has 1 N–H and O–H groups in total. The van der Waals surface area contributed by atoms with Crippen molar-refractivity contribution in [3.05, 3.63) is 59.4 Å². The Morgan fingerprint density at radius 2 is 1.93 bits per heavy atom. The summed E-state index contributed by atoms with van der Waals surface area (Å²) in [6.45, 7) is 1.99. The van der Waals surface area contributed by atoms with Gasteiger partial charge >= 0.3 is 0 Å². The number of hydrogen-bond donors (Lipinski definition) is 1. The van der Waals surface area contributed by atoms with Gasteiger partial charge < -0.3 is 10.1 Å². The van der Waals surface area contributed by atoms with Gasteiger partial charge in [-0.05, 0) is 48.7 Å². The van der Waals surface area contributed by atoms with Crippen molar-refractivity contribution in [2.24, 2.45) is 0 Å². The van der Waals surface area contributed by atoms with Gasteiger partial charge in [0.05, 0.1) is 10.4 Å². The number of benzene rings is 2. The van der Waals surface area contributed by atoms with Crippen LogP contribution in [0.5, 0.6) is 0 Å². The summed E-state index contributed by atoms with van der Waals surface area (Å²) in [5.41, 5.74) is 1.71. The zero-order valence-corrected chi connectivity index (χ0v) is 17.6. The Morgan fingerprint density at radius 1 is 1.14 bits per heavy atom. The van der Waals surface area contributed by atoms with Crippen molar-refractivity contribution < 1.29 is 13.2 Å². The minimum Gasteiger partial charge on any atom is -0.381 e.